The van der Waals surface area contributed by atoms with Gasteiger partial charge in [-0.1, -0.05) is 19.1 Å². The number of rotatable bonds is 4. The van der Waals surface area contributed by atoms with Crippen LogP contribution in [0.4, 0.5) is 10.1 Å². The second kappa shape index (κ2) is 5.27. The van der Waals surface area contributed by atoms with Crippen molar-refractivity contribution in [3.8, 4) is 5.69 Å². The minimum Gasteiger partial charge on any atom is -0.476 e. The first-order valence-corrected chi connectivity index (χ1v) is 5.96. The maximum atomic E-state index is 13.7. The van der Waals surface area contributed by atoms with Crippen molar-refractivity contribution in [3.05, 3.63) is 45.5 Å². The van der Waals surface area contributed by atoms with Crippen molar-refractivity contribution in [3.63, 3.8) is 0 Å². The zero-order valence-electron chi connectivity index (χ0n) is 11.1. The molecule has 0 spiro atoms. The van der Waals surface area contributed by atoms with E-state index in [0.717, 1.165) is 12.1 Å². The summed E-state index contributed by atoms with van der Waals surface area (Å²) in [6.45, 7) is 3.48. The zero-order chi connectivity index (χ0) is 15.7. The van der Waals surface area contributed by atoms with E-state index >= 15 is 0 Å². The predicted molar refractivity (Wildman–Crippen MR) is 69.0 cm³/mol. The lowest BCUT2D eigenvalue weighted by Gasteiger charge is -2.09. The van der Waals surface area contributed by atoms with Gasteiger partial charge in [-0.2, -0.15) is 4.39 Å². The van der Waals surface area contributed by atoms with Gasteiger partial charge in [0, 0.05) is 12.1 Å². The van der Waals surface area contributed by atoms with E-state index in [4.69, 9.17) is 5.11 Å². The molecule has 0 bridgehead atoms. The summed E-state index contributed by atoms with van der Waals surface area (Å²) in [6, 6.07) is 3.20. The van der Waals surface area contributed by atoms with Crippen LogP contribution in [0.2, 0.25) is 0 Å². The molecule has 8 nitrogen and oxygen atoms in total. The summed E-state index contributed by atoms with van der Waals surface area (Å²) in [5.41, 5.74) is -0.440. The summed E-state index contributed by atoms with van der Waals surface area (Å²) in [5.74, 6) is -2.50. The highest BCUT2D eigenvalue weighted by atomic mass is 19.1. The Labute approximate surface area is 118 Å². The van der Waals surface area contributed by atoms with Crippen LogP contribution in [0.1, 0.15) is 35.9 Å². The molecule has 0 unspecified atom stereocenters. The van der Waals surface area contributed by atoms with Crippen LogP contribution in [0.25, 0.3) is 5.69 Å². The van der Waals surface area contributed by atoms with E-state index in [1.165, 1.54) is 10.7 Å². The van der Waals surface area contributed by atoms with Crippen LogP contribution in [-0.2, 0) is 0 Å². The van der Waals surface area contributed by atoms with Crippen LogP contribution in [0.5, 0.6) is 0 Å². The molecule has 0 saturated heterocycles. The third-order valence-corrected chi connectivity index (χ3v) is 2.83. The molecule has 1 heterocycles. The topological polar surface area (TPSA) is 111 Å². The van der Waals surface area contributed by atoms with Crippen molar-refractivity contribution in [2.75, 3.05) is 0 Å². The number of carboxylic acid groups (broad SMARTS) is 1. The average molecular weight is 294 g/mol. The molecule has 2 aromatic rings. The first kappa shape index (κ1) is 14.6. The van der Waals surface area contributed by atoms with Crippen LogP contribution in [0.15, 0.2) is 18.2 Å². The quantitative estimate of drug-likeness (QED) is 0.683. The Morgan fingerprint density at radius 1 is 1.48 bits per heavy atom. The molecule has 0 aliphatic carbocycles. The smallest absolute Gasteiger partial charge is 0.358 e. The van der Waals surface area contributed by atoms with E-state index < -0.39 is 22.4 Å². The van der Waals surface area contributed by atoms with Crippen molar-refractivity contribution in [1.29, 1.82) is 0 Å². The molecule has 0 aliphatic rings. The molecule has 0 fully saturated rings. The molecule has 0 radical (unpaired) electrons. The first-order chi connectivity index (χ1) is 9.82. The molecule has 0 amide bonds. The van der Waals surface area contributed by atoms with Gasteiger partial charge in [-0.15, -0.1) is 5.10 Å². The molecule has 0 aliphatic heterocycles. The fourth-order valence-corrected chi connectivity index (χ4v) is 1.93. The lowest BCUT2D eigenvalue weighted by Crippen LogP contribution is -2.09. The number of nitro benzene ring substituents is 1. The van der Waals surface area contributed by atoms with Gasteiger partial charge in [0.15, 0.2) is 5.69 Å². The maximum absolute atomic E-state index is 13.7. The third kappa shape index (κ3) is 2.57. The van der Waals surface area contributed by atoms with E-state index in [1.807, 2.05) is 0 Å². The van der Waals surface area contributed by atoms with Gasteiger partial charge in [0.05, 0.1) is 16.3 Å². The van der Waals surface area contributed by atoms with Crippen molar-refractivity contribution in [2.45, 2.75) is 19.8 Å². The Bertz CT molecular complexity index is 726. The average Bonchev–Trinajstić information content (AvgIpc) is 2.82. The second-order valence-electron chi connectivity index (χ2n) is 4.59. The van der Waals surface area contributed by atoms with Gasteiger partial charge in [0.1, 0.15) is 0 Å². The van der Waals surface area contributed by atoms with E-state index in [1.54, 1.807) is 13.8 Å². The molecule has 9 heteroatoms. The number of aromatic carboxylic acids is 1. The number of aromatic nitrogens is 3. The summed E-state index contributed by atoms with van der Waals surface area (Å²) in [6.07, 6.45) is 0. The Kier molecular flexibility index (Phi) is 3.66. The highest BCUT2D eigenvalue weighted by molar-refractivity contribution is 5.86. The second-order valence-corrected chi connectivity index (χ2v) is 4.59. The largest absolute Gasteiger partial charge is 0.476 e. The Hall–Kier alpha value is -2.84. The molecular formula is C12H11FN4O4. The monoisotopic (exact) mass is 294 g/mol. The number of benzene rings is 1. The molecule has 1 aromatic carbocycles. The van der Waals surface area contributed by atoms with Gasteiger partial charge in [0.25, 0.3) is 0 Å². The summed E-state index contributed by atoms with van der Waals surface area (Å²) in [7, 11) is 0. The minimum absolute atomic E-state index is 0.168. The molecule has 0 saturated carbocycles. The Morgan fingerprint density at radius 2 is 2.14 bits per heavy atom. The van der Waals surface area contributed by atoms with E-state index in [9.17, 15) is 19.3 Å². The van der Waals surface area contributed by atoms with Crippen molar-refractivity contribution in [2.24, 2.45) is 0 Å². The van der Waals surface area contributed by atoms with E-state index in [-0.39, 0.29) is 23.0 Å². The van der Waals surface area contributed by atoms with Gasteiger partial charge in [-0.05, 0) is 12.0 Å². The standard InChI is InChI=1S/C12H11FN4O4/c1-6(2)11-10(12(18)19)14-15-16(11)7-3-4-9(17(20)21)8(13)5-7/h3-6H,1-2H3,(H,18,19). The fraction of sp³-hybridized carbons (Fsp3) is 0.250. The van der Waals surface area contributed by atoms with Crippen LogP contribution in [-0.4, -0.2) is 31.0 Å². The van der Waals surface area contributed by atoms with Gasteiger partial charge in [-0.25, -0.2) is 9.48 Å². The molecule has 110 valence electrons. The third-order valence-electron chi connectivity index (χ3n) is 2.83. The van der Waals surface area contributed by atoms with Crippen LogP contribution in [0, 0.1) is 15.9 Å². The maximum Gasteiger partial charge on any atom is 0.358 e. The fourth-order valence-electron chi connectivity index (χ4n) is 1.93. The molecule has 1 N–H and O–H groups in total. The van der Waals surface area contributed by atoms with E-state index in [0.29, 0.717) is 0 Å². The molecular weight excluding hydrogens is 283 g/mol. The number of nitrogens with zero attached hydrogens (tertiary/aromatic N) is 4. The Morgan fingerprint density at radius 3 is 2.62 bits per heavy atom. The Balaban J connectivity index is 2.60. The summed E-state index contributed by atoms with van der Waals surface area (Å²) >= 11 is 0. The van der Waals surface area contributed by atoms with Gasteiger partial charge < -0.3 is 5.11 Å². The van der Waals surface area contributed by atoms with Crippen molar-refractivity contribution >= 4 is 11.7 Å². The lowest BCUT2D eigenvalue weighted by atomic mass is 10.1. The molecule has 2 rings (SSSR count). The number of carboxylic acids is 1. The number of halogens is 1. The minimum atomic E-state index is -1.24. The van der Waals surface area contributed by atoms with Gasteiger partial charge in [0.2, 0.25) is 5.82 Å². The number of hydrogen-bond acceptors (Lipinski definition) is 5. The van der Waals surface area contributed by atoms with Gasteiger partial charge in [-0.3, -0.25) is 10.1 Å². The number of carbonyl (C=O) groups is 1. The number of nitro groups is 1. The highest BCUT2D eigenvalue weighted by Crippen LogP contribution is 2.24. The molecule has 1 aromatic heterocycles. The number of hydrogen-bond donors (Lipinski definition) is 1. The van der Waals surface area contributed by atoms with Gasteiger partial charge >= 0.3 is 11.7 Å². The first-order valence-electron chi connectivity index (χ1n) is 5.96. The molecule has 0 atom stereocenters. The predicted octanol–water partition coefficient (Wildman–Crippen LogP) is 2.14. The SMILES string of the molecule is CC(C)c1c(C(=O)O)nnn1-c1ccc([N+](=O)[O-])c(F)c1. The lowest BCUT2D eigenvalue weighted by molar-refractivity contribution is -0.387. The van der Waals surface area contributed by atoms with Crippen molar-refractivity contribution in [1.82, 2.24) is 15.0 Å². The highest BCUT2D eigenvalue weighted by Gasteiger charge is 2.23. The summed E-state index contributed by atoms with van der Waals surface area (Å²) in [5, 5.41) is 26.9. The van der Waals surface area contributed by atoms with E-state index in [2.05, 4.69) is 10.3 Å². The molecule has 21 heavy (non-hydrogen) atoms. The van der Waals surface area contributed by atoms with Crippen LogP contribution < -0.4 is 0 Å². The normalized spacial score (nSPS) is 10.9. The van der Waals surface area contributed by atoms with Crippen LogP contribution in [0.3, 0.4) is 0 Å². The van der Waals surface area contributed by atoms with Crippen LogP contribution >= 0.6 is 0 Å². The summed E-state index contributed by atoms with van der Waals surface area (Å²) < 4.78 is 14.8. The summed E-state index contributed by atoms with van der Waals surface area (Å²) in [4.78, 5) is 20.9. The van der Waals surface area contributed by atoms with Crippen molar-refractivity contribution < 1.29 is 19.2 Å². The zero-order valence-corrected chi connectivity index (χ0v) is 11.1.